The monoisotopic (exact) mass is 473 g/mol. The third-order valence-corrected chi connectivity index (χ3v) is 6.40. The van der Waals surface area contributed by atoms with Gasteiger partial charge >= 0.3 is 6.09 Å². The Morgan fingerprint density at radius 2 is 1.60 bits per heavy atom. The van der Waals surface area contributed by atoms with E-state index in [2.05, 4.69) is 5.10 Å². The van der Waals surface area contributed by atoms with Crippen molar-refractivity contribution < 1.29 is 14.3 Å². The lowest BCUT2D eigenvalue weighted by Crippen LogP contribution is -2.51. The first-order chi connectivity index (χ1) is 17.1. The van der Waals surface area contributed by atoms with Gasteiger partial charge in [-0.2, -0.15) is 5.10 Å². The lowest BCUT2D eigenvalue weighted by Gasteiger charge is -2.34. The van der Waals surface area contributed by atoms with Gasteiger partial charge in [0.25, 0.3) is 5.56 Å². The highest BCUT2D eigenvalue weighted by Gasteiger charge is 2.26. The number of amides is 2. The van der Waals surface area contributed by atoms with Crippen molar-refractivity contribution in [2.75, 3.05) is 32.8 Å². The number of ether oxygens (including phenoxy) is 1. The first-order valence-corrected chi connectivity index (χ1v) is 11.8. The van der Waals surface area contributed by atoms with Crippen molar-refractivity contribution in [3.8, 4) is 0 Å². The number of nitrogens with zero attached hydrogens (tertiary/aromatic N) is 5. The largest absolute Gasteiger partial charge is 0.450 e. The Morgan fingerprint density at radius 1 is 0.914 bits per heavy atom. The van der Waals surface area contributed by atoms with Crippen LogP contribution in [0.4, 0.5) is 4.79 Å². The normalized spacial score (nSPS) is 14.0. The summed E-state index contributed by atoms with van der Waals surface area (Å²) in [6.45, 7) is 4.05. The van der Waals surface area contributed by atoms with Crippen LogP contribution in [0.5, 0.6) is 0 Å². The van der Waals surface area contributed by atoms with Gasteiger partial charge in [0.1, 0.15) is 12.1 Å². The summed E-state index contributed by atoms with van der Waals surface area (Å²) >= 11 is 0. The minimum absolute atomic E-state index is 0.152. The molecule has 2 aromatic carbocycles. The number of fused-ring (bicyclic) bond motifs is 3. The van der Waals surface area contributed by atoms with E-state index in [1.807, 2.05) is 59.2 Å². The van der Waals surface area contributed by atoms with E-state index in [0.717, 1.165) is 21.9 Å². The summed E-state index contributed by atoms with van der Waals surface area (Å²) in [6.07, 6.45) is 1.31. The molecule has 9 nitrogen and oxygen atoms in total. The summed E-state index contributed by atoms with van der Waals surface area (Å²) in [6, 6.07) is 17.8. The van der Waals surface area contributed by atoms with Crippen LogP contribution in [-0.4, -0.2) is 68.9 Å². The van der Waals surface area contributed by atoms with E-state index in [1.165, 1.54) is 4.68 Å². The Hall–Kier alpha value is -4.14. The van der Waals surface area contributed by atoms with Crippen LogP contribution < -0.4 is 5.56 Å². The second kappa shape index (κ2) is 9.61. The standard InChI is InChI=1S/C26H27N5O4/c1-2-35-26(34)29-14-12-28(13-15-29)23(32)18-31-25(33)24-21(16-27-31)20-10-6-7-11-22(20)30(24)17-19-8-4-3-5-9-19/h3-11,16H,2,12-15,17-18H2,1H3. The predicted octanol–water partition coefficient (Wildman–Crippen LogP) is 2.70. The van der Waals surface area contributed by atoms with E-state index < -0.39 is 0 Å². The first kappa shape index (κ1) is 22.6. The maximum atomic E-state index is 13.6. The van der Waals surface area contributed by atoms with E-state index in [-0.39, 0.29) is 24.1 Å². The summed E-state index contributed by atoms with van der Waals surface area (Å²) in [5.41, 5.74) is 2.26. The van der Waals surface area contributed by atoms with Gasteiger partial charge in [-0.05, 0) is 18.6 Å². The van der Waals surface area contributed by atoms with E-state index in [9.17, 15) is 14.4 Å². The van der Waals surface area contributed by atoms with Crippen molar-refractivity contribution in [2.24, 2.45) is 0 Å². The smallest absolute Gasteiger partial charge is 0.409 e. The molecule has 4 aromatic rings. The zero-order valence-corrected chi connectivity index (χ0v) is 19.6. The van der Waals surface area contributed by atoms with Crippen LogP contribution in [0.2, 0.25) is 0 Å². The van der Waals surface area contributed by atoms with Gasteiger partial charge in [-0.3, -0.25) is 9.59 Å². The molecule has 1 saturated heterocycles. The van der Waals surface area contributed by atoms with Crippen LogP contribution in [0, 0.1) is 0 Å². The molecule has 1 aliphatic heterocycles. The Morgan fingerprint density at radius 3 is 2.34 bits per heavy atom. The number of piperazine rings is 1. The molecule has 5 rings (SSSR count). The van der Waals surface area contributed by atoms with Crippen LogP contribution in [0.1, 0.15) is 12.5 Å². The molecule has 9 heteroatoms. The summed E-state index contributed by atoms with van der Waals surface area (Å²) in [5, 5.41) is 6.06. The quantitative estimate of drug-likeness (QED) is 0.445. The average molecular weight is 474 g/mol. The third kappa shape index (κ3) is 4.37. The number of para-hydroxylation sites is 1. The highest BCUT2D eigenvalue weighted by Crippen LogP contribution is 2.27. The van der Waals surface area contributed by atoms with Crippen molar-refractivity contribution >= 4 is 33.8 Å². The van der Waals surface area contributed by atoms with Crippen molar-refractivity contribution in [3.05, 3.63) is 76.7 Å². The zero-order chi connectivity index (χ0) is 24.4. The van der Waals surface area contributed by atoms with E-state index in [4.69, 9.17) is 4.74 Å². The number of hydrogen-bond donors (Lipinski definition) is 0. The fraction of sp³-hybridized carbons (Fsp3) is 0.308. The number of rotatable bonds is 5. The van der Waals surface area contributed by atoms with Crippen molar-refractivity contribution in [2.45, 2.75) is 20.0 Å². The van der Waals surface area contributed by atoms with Gasteiger partial charge in [-0.1, -0.05) is 48.5 Å². The maximum absolute atomic E-state index is 13.6. The molecule has 0 saturated carbocycles. The molecule has 1 fully saturated rings. The SMILES string of the molecule is CCOC(=O)N1CCN(C(=O)Cn2ncc3c4ccccc4n(Cc4ccccc4)c3c2=O)CC1. The number of hydrogen-bond acceptors (Lipinski definition) is 5. The van der Waals surface area contributed by atoms with Gasteiger partial charge in [0, 0.05) is 49.0 Å². The molecule has 0 bridgehead atoms. The van der Waals surface area contributed by atoms with Gasteiger partial charge in [0.05, 0.1) is 12.8 Å². The lowest BCUT2D eigenvalue weighted by molar-refractivity contribution is -0.133. The number of aromatic nitrogens is 3. The molecule has 2 aromatic heterocycles. The van der Waals surface area contributed by atoms with E-state index >= 15 is 0 Å². The van der Waals surface area contributed by atoms with Gasteiger partial charge in [-0.25, -0.2) is 9.48 Å². The third-order valence-electron chi connectivity index (χ3n) is 6.40. The van der Waals surface area contributed by atoms with E-state index in [1.54, 1.807) is 22.9 Å². The molecular formula is C26H27N5O4. The fourth-order valence-corrected chi connectivity index (χ4v) is 4.62. The molecule has 0 aliphatic carbocycles. The summed E-state index contributed by atoms with van der Waals surface area (Å²) < 4.78 is 8.28. The molecule has 0 atom stereocenters. The van der Waals surface area contributed by atoms with Crippen LogP contribution in [0.3, 0.4) is 0 Å². The highest BCUT2D eigenvalue weighted by molar-refractivity contribution is 6.07. The number of carbonyl (C=O) groups is 2. The van der Waals surface area contributed by atoms with Crippen molar-refractivity contribution in [3.63, 3.8) is 0 Å². The Kier molecular flexibility index (Phi) is 6.22. The molecule has 2 amide bonds. The molecule has 0 N–H and O–H groups in total. The number of carbonyl (C=O) groups excluding carboxylic acids is 2. The topological polar surface area (TPSA) is 89.7 Å². The van der Waals surface area contributed by atoms with Crippen LogP contribution in [-0.2, 0) is 22.6 Å². The van der Waals surface area contributed by atoms with Crippen LogP contribution >= 0.6 is 0 Å². The molecule has 180 valence electrons. The van der Waals surface area contributed by atoms with Crippen molar-refractivity contribution in [1.29, 1.82) is 0 Å². The molecule has 0 unspecified atom stereocenters. The molecule has 1 aliphatic rings. The molecule has 0 radical (unpaired) electrons. The predicted molar refractivity (Wildman–Crippen MR) is 132 cm³/mol. The Labute approximate surface area is 202 Å². The molecule has 35 heavy (non-hydrogen) atoms. The summed E-state index contributed by atoms with van der Waals surface area (Å²) in [7, 11) is 0. The Balaban J connectivity index is 1.43. The van der Waals surface area contributed by atoms with Gasteiger partial charge in [0.2, 0.25) is 5.91 Å². The van der Waals surface area contributed by atoms with E-state index in [0.29, 0.717) is 44.8 Å². The summed E-state index contributed by atoms with van der Waals surface area (Å²) in [4.78, 5) is 41.7. The Bertz CT molecular complexity index is 1430. The van der Waals surface area contributed by atoms with Gasteiger partial charge < -0.3 is 19.1 Å². The summed E-state index contributed by atoms with van der Waals surface area (Å²) in [5.74, 6) is -0.201. The minimum Gasteiger partial charge on any atom is -0.450 e. The molecule has 3 heterocycles. The lowest BCUT2D eigenvalue weighted by atomic mass is 10.2. The van der Waals surface area contributed by atoms with Crippen LogP contribution in [0.15, 0.2) is 65.6 Å². The second-order valence-corrected chi connectivity index (χ2v) is 8.53. The highest BCUT2D eigenvalue weighted by atomic mass is 16.6. The van der Waals surface area contributed by atoms with Gasteiger partial charge in [-0.15, -0.1) is 0 Å². The molecule has 0 spiro atoms. The van der Waals surface area contributed by atoms with Crippen LogP contribution in [0.25, 0.3) is 21.8 Å². The maximum Gasteiger partial charge on any atom is 0.409 e. The average Bonchev–Trinajstić information content (AvgIpc) is 3.20. The van der Waals surface area contributed by atoms with Crippen molar-refractivity contribution in [1.82, 2.24) is 24.1 Å². The number of benzene rings is 2. The second-order valence-electron chi connectivity index (χ2n) is 8.53. The van der Waals surface area contributed by atoms with Gasteiger partial charge in [0.15, 0.2) is 0 Å². The minimum atomic E-state index is -0.366. The fourth-order valence-electron chi connectivity index (χ4n) is 4.62. The zero-order valence-electron chi connectivity index (χ0n) is 19.6. The molecular weight excluding hydrogens is 446 g/mol. The first-order valence-electron chi connectivity index (χ1n) is 11.8.